The number of hydrogen-bond acceptors (Lipinski definition) is 3. The van der Waals surface area contributed by atoms with E-state index < -0.39 is 6.03 Å². The molecule has 0 radical (unpaired) electrons. The highest BCUT2D eigenvalue weighted by Gasteiger charge is 2.05. The minimum absolute atomic E-state index is 0.118. The molecule has 1 aromatic heterocycles. The fourth-order valence-electron chi connectivity index (χ4n) is 2.00. The second-order valence-electron chi connectivity index (χ2n) is 4.90. The van der Waals surface area contributed by atoms with Gasteiger partial charge >= 0.3 is 6.03 Å². The molecule has 0 bridgehead atoms. The molecule has 7 heteroatoms. The van der Waals surface area contributed by atoms with Crippen LogP contribution in [-0.2, 0) is 11.8 Å². The average molecular weight is 302 g/mol. The van der Waals surface area contributed by atoms with Gasteiger partial charge in [0.15, 0.2) is 0 Å². The summed E-state index contributed by atoms with van der Waals surface area (Å²) in [5, 5.41) is 9.21. The number of rotatable bonds is 4. The van der Waals surface area contributed by atoms with Crippen molar-refractivity contribution in [2.45, 2.75) is 6.92 Å². The fraction of sp³-hybridized carbons (Fsp3) is 0.267. The molecule has 0 spiro atoms. The van der Waals surface area contributed by atoms with Crippen LogP contribution in [0.5, 0.6) is 0 Å². The van der Waals surface area contributed by atoms with E-state index in [0.717, 1.165) is 5.39 Å². The molecule has 0 aliphatic rings. The van der Waals surface area contributed by atoms with Crippen molar-refractivity contribution in [2.75, 3.05) is 18.4 Å². The molecular weight excluding hydrogens is 284 g/mol. The Bertz CT molecular complexity index is 767. The number of nitrogens with zero attached hydrogens (tertiary/aromatic N) is 1. The lowest BCUT2D eigenvalue weighted by Crippen LogP contribution is -2.36. The summed E-state index contributed by atoms with van der Waals surface area (Å²) in [4.78, 5) is 34.5. The van der Waals surface area contributed by atoms with Gasteiger partial charge in [0.05, 0.1) is 0 Å². The molecule has 22 heavy (non-hydrogen) atoms. The SMILES string of the molecule is CC(=O)NCCNC(=O)Nc1ccc2ccn(C)c(=O)c2c1. The van der Waals surface area contributed by atoms with Crippen LogP contribution in [0.25, 0.3) is 10.8 Å². The second kappa shape index (κ2) is 6.75. The Hall–Kier alpha value is -2.83. The van der Waals surface area contributed by atoms with Crippen LogP contribution in [-0.4, -0.2) is 29.6 Å². The van der Waals surface area contributed by atoms with Gasteiger partial charge in [-0.1, -0.05) is 6.07 Å². The van der Waals surface area contributed by atoms with Crippen molar-refractivity contribution in [1.82, 2.24) is 15.2 Å². The average Bonchev–Trinajstić information content (AvgIpc) is 2.48. The summed E-state index contributed by atoms with van der Waals surface area (Å²) in [5.74, 6) is -0.146. The van der Waals surface area contributed by atoms with Gasteiger partial charge in [-0.05, 0) is 23.6 Å². The number of carbonyl (C=O) groups is 2. The van der Waals surface area contributed by atoms with Gasteiger partial charge in [-0.15, -0.1) is 0 Å². The first-order valence-corrected chi connectivity index (χ1v) is 6.86. The van der Waals surface area contributed by atoms with Crippen LogP contribution in [0.15, 0.2) is 35.3 Å². The van der Waals surface area contributed by atoms with Gasteiger partial charge < -0.3 is 20.5 Å². The predicted octanol–water partition coefficient (Wildman–Crippen LogP) is 0.796. The van der Waals surface area contributed by atoms with E-state index in [1.807, 2.05) is 6.07 Å². The smallest absolute Gasteiger partial charge is 0.319 e. The summed E-state index contributed by atoms with van der Waals surface area (Å²) < 4.78 is 1.49. The summed E-state index contributed by atoms with van der Waals surface area (Å²) in [6, 6.07) is 6.61. The molecule has 7 nitrogen and oxygen atoms in total. The summed E-state index contributed by atoms with van der Waals surface area (Å²) in [6.45, 7) is 2.09. The molecule has 1 heterocycles. The van der Waals surface area contributed by atoms with Crippen molar-refractivity contribution in [3.63, 3.8) is 0 Å². The molecule has 0 saturated carbocycles. The van der Waals surface area contributed by atoms with Gasteiger partial charge in [-0.2, -0.15) is 0 Å². The Balaban J connectivity index is 2.02. The maximum atomic E-state index is 12.0. The standard InChI is InChI=1S/C15H18N4O3/c1-10(20)16-6-7-17-15(22)18-12-4-3-11-5-8-19(2)14(21)13(11)9-12/h3-5,8-9H,6-7H2,1-2H3,(H,16,20)(H2,17,18,22). The van der Waals surface area contributed by atoms with Crippen LogP contribution in [0.2, 0.25) is 0 Å². The van der Waals surface area contributed by atoms with Crippen molar-refractivity contribution in [2.24, 2.45) is 7.05 Å². The number of urea groups is 1. The third-order valence-corrected chi connectivity index (χ3v) is 3.12. The molecule has 0 atom stereocenters. The molecule has 116 valence electrons. The minimum Gasteiger partial charge on any atom is -0.355 e. The molecule has 3 N–H and O–H groups in total. The first-order chi connectivity index (χ1) is 10.5. The zero-order valence-corrected chi connectivity index (χ0v) is 12.5. The van der Waals surface area contributed by atoms with Crippen LogP contribution < -0.4 is 21.5 Å². The molecule has 0 unspecified atom stereocenters. The Kier molecular flexibility index (Phi) is 4.77. The molecule has 1 aromatic carbocycles. The maximum Gasteiger partial charge on any atom is 0.319 e. The zero-order chi connectivity index (χ0) is 16.1. The Morgan fingerprint density at radius 3 is 2.59 bits per heavy atom. The number of hydrogen-bond donors (Lipinski definition) is 3. The topological polar surface area (TPSA) is 92.2 Å². The number of anilines is 1. The van der Waals surface area contributed by atoms with Crippen molar-refractivity contribution < 1.29 is 9.59 Å². The van der Waals surface area contributed by atoms with Crippen LogP contribution in [0.3, 0.4) is 0 Å². The number of aromatic nitrogens is 1. The van der Waals surface area contributed by atoms with Gasteiger partial charge in [-0.25, -0.2) is 4.79 Å². The maximum absolute atomic E-state index is 12.0. The van der Waals surface area contributed by atoms with Gasteiger partial charge in [0.1, 0.15) is 0 Å². The number of aryl methyl sites for hydroxylation is 1. The summed E-state index contributed by atoms with van der Waals surface area (Å²) >= 11 is 0. The Labute approximate surface area is 127 Å². The third-order valence-electron chi connectivity index (χ3n) is 3.12. The number of nitrogens with one attached hydrogen (secondary N) is 3. The van der Waals surface area contributed by atoms with Crippen molar-refractivity contribution in [3.8, 4) is 0 Å². The quantitative estimate of drug-likeness (QED) is 0.729. The monoisotopic (exact) mass is 302 g/mol. The van der Waals surface area contributed by atoms with Crippen LogP contribution in [0.4, 0.5) is 10.5 Å². The molecule has 0 saturated heterocycles. The summed E-state index contributed by atoms with van der Waals surface area (Å²) in [6.07, 6.45) is 1.70. The molecule has 2 aromatic rings. The van der Waals surface area contributed by atoms with E-state index in [9.17, 15) is 14.4 Å². The van der Waals surface area contributed by atoms with Crippen molar-refractivity contribution in [1.29, 1.82) is 0 Å². The number of fused-ring (bicyclic) bond motifs is 1. The van der Waals surface area contributed by atoms with Crippen molar-refractivity contribution >= 4 is 28.4 Å². The van der Waals surface area contributed by atoms with E-state index >= 15 is 0 Å². The van der Waals surface area contributed by atoms with Crippen LogP contribution >= 0.6 is 0 Å². The molecule has 0 aliphatic carbocycles. The summed E-state index contributed by atoms with van der Waals surface area (Å²) in [7, 11) is 1.68. The van der Waals surface area contributed by atoms with E-state index in [1.54, 1.807) is 31.4 Å². The highest BCUT2D eigenvalue weighted by molar-refractivity contribution is 5.93. The number of pyridine rings is 1. The Morgan fingerprint density at radius 2 is 1.86 bits per heavy atom. The number of amides is 3. The molecule has 0 fully saturated rings. The second-order valence-corrected chi connectivity index (χ2v) is 4.90. The van der Waals surface area contributed by atoms with E-state index in [2.05, 4.69) is 16.0 Å². The molecule has 2 rings (SSSR count). The van der Waals surface area contributed by atoms with Crippen LogP contribution in [0.1, 0.15) is 6.92 Å². The number of benzene rings is 1. The molecule has 3 amide bonds. The predicted molar refractivity (Wildman–Crippen MR) is 84.9 cm³/mol. The number of carbonyl (C=O) groups excluding carboxylic acids is 2. The van der Waals surface area contributed by atoms with Gasteiger partial charge in [-0.3, -0.25) is 9.59 Å². The summed E-state index contributed by atoms with van der Waals surface area (Å²) in [5.41, 5.74) is 0.417. The highest BCUT2D eigenvalue weighted by atomic mass is 16.2. The molecule has 0 aliphatic heterocycles. The largest absolute Gasteiger partial charge is 0.355 e. The van der Waals surface area contributed by atoms with Gasteiger partial charge in [0.2, 0.25) is 5.91 Å². The normalized spacial score (nSPS) is 10.3. The lowest BCUT2D eigenvalue weighted by Gasteiger charge is -2.09. The zero-order valence-electron chi connectivity index (χ0n) is 12.5. The van der Waals surface area contributed by atoms with Gasteiger partial charge in [0.25, 0.3) is 5.56 Å². The first-order valence-electron chi connectivity index (χ1n) is 6.86. The first kappa shape index (κ1) is 15.6. The Morgan fingerprint density at radius 1 is 1.14 bits per heavy atom. The fourth-order valence-corrected chi connectivity index (χ4v) is 2.00. The lowest BCUT2D eigenvalue weighted by molar-refractivity contribution is -0.118. The minimum atomic E-state index is -0.391. The van der Waals surface area contributed by atoms with Crippen LogP contribution in [0, 0.1) is 0 Å². The van der Waals surface area contributed by atoms with Gasteiger partial charge in [0, 0.05) is 44.3 Å². The van der Waals surface area contributed by atoms with E-state index in [0.29, 0.717) is 24.2 Å². The van der Waals surface area contributed by atoms with E-state index in [4.69, 9.17) is 0 Å². The third kappa shape index (κ3) is 3.85. The lowest BCUT2D eigenvalue weighted by atomic mass is 10.1. The molecular formula is C15H18N4O3. The van der Waals surface area contributed by atoms with E-state index in [-0.39, 0.29) is 11.5 Å². The highest BCUT2D eigenvalue weighted by Crippen LogP contribution is 2.15. The van der Waals surface area contributed by atoms with Crippen molar-refractivity contribution in [3.05, 3.63) is 40.8 Å². The van der Waals surface area contributed by atoms with E-state index in [1.165, 1.54) is 11.5 Å².